The Balaban J connectivity index is 1.61. The topological polar surface area (TPSA) is 80.5 Å². The lowest BCUT2D eigenvalue weighted by atomic mass is 9.94. The molecule has 0 aliphatic carbocycles. The summed E-state index contributed by atoms with van der Waals surface area (Å²) in [7, 11) is 0. The number of anilines is 1. The summed E-state index contributed by atoms with van der Waals surface area (Å²) < 4.78 is 25.2. The Morgan fingerprint density at radius 3 is 2.50 bits per heavy atom. The van der Waals surface area contributed by atoms with Crippen LogP contribution in [-0.4, -0.2) is 22.8 Å². The van der Waals surface area contributed by atoms with Crippen molar-refractivity contribution in [2.24, 2.45) is 0 Å². The average molecular weight is 485 g/mol. The van der Waals surface area contributed by atoms with Gasteiger partial charge in [0.05, 0.1) is 23.9 Å². The number of benzene rings is 3. The van der Waals surface area contributed by atoms with Gasteiger partial charge in [0.15, 0.2) is 0 Å². The highest BCUT2D eigenvalue weighted by Gasteiger charge is 2.36. The van der Waals surface area contributed by atoms with Crippen molar-refractivity contribution in [3.8, 4) is 17.1 Å². The smallest absolute Gasteiger partial charge is 0.326 e. The molecule has 182 valence electrons. The molecule has 0 fully saturated rings. The maximum absolute atomic E-state index is 13.9. The van der Waals surface area contributed by atoms with E-state index in [1.165, 1.54) is 11.0 Å². The Kier molecular flexibility index (Phi) is 6.25. The second kappa shape index (κ2) is 9.65. The highest BCUT2D eigenvalue weighted by molar-refractivity contribution is 6.01. The number of ether oxygens (including phenoxy) is 1. The number of hydrogen-bond acceptors (Lipinski definition) is 5. The standard InChI is InChI=1S/C28H25FN4O3/c1-4-35-22-13-10-20(11-14-22)26-31-27(36-32-26)24-18(3)33(21-12-15-23(29)17(2)16-21)28(34)30-25(24)19-8-6-5-7-9-19/h5-16,25H,4H2,1-3H3,(H,30,34). The van der Waals surface area contributed by atoms with Gasteiger partial charge in [-0.3, -0.25) is 4.90 Å². The first-order valence-electron chi connectivity index (χ1n) is 11.7. The van der Waals surface area contributed by atoms with Crippen LogP contribution in [0.25, 0.3) is 17.0 Å². The predicted molar refractivity (Wildman–Crippen MR) is 135 cm³/mol. The summed E-state index contributed by atoms with van der Waals surface area (Å²) in [6.45, 7) is 5.99. The Morgan fingerprint density at radius 2 is 1.81 bits per heavy atom. The SMILES string of the molecule is CCOc1ccc(-c2noc(C3=C(C)N(c4ccc(F)c(C)c4)C(=O)NC3c3ccccc3)n2)cc1. The summed E-state index contributed by atoms with van der Waals surface area (Å²) in [4.78, 5) is 19.5. The minimum atomic E-state index is -0.509. The van der Waals surface area contributed by atoms with Crippen LogP contribution in [0.15, 0.2) is 83.0 Å². The monoisotopic (exact) mass is 484 g/mol. The summed E-state index contributed by atoms with van der Waals surface area (Å²) >= 11 is 0. The number of carbonyl (C=O) groups is 1. The molecule has 5 rings (SSSR count). The molecule has 4 aromatic rings. The van der Waals surface area contributed by atoms with Crippen molar-refractivity contribution in [2.75, 3.05) is 11.5 Å². The number of nitrogens with one attached hydrogen (secondary N) is 1. The molecule has 0 radical (unpaired) electrons. The lowest BCUT2D eigenvalue weighted by Gasteiger charge is -2.35. The summed E-state index contributed by atoms with van der Waals surface area (Å²) in [5.74, 6) is 1.13. The van der Waals surface area contributed by atoms with E-state index < -0.39 is 6.04 Å². The molecule has 1 aromatic heterocycles. The third kappa shape index (κ3) is 4.33. The highest BCUT2D eigenvalue weighted by atomic mass is 19.1. The Bertz CT molecular complexity index is 1430. The van der Waals surface area contributed by atoms with Gasteiger partial charge in [0, 0.05) is 11.3 Å². The maximum Gasteiger partial charge on any atom is 0.326 e. The fourth-order valence-corrected chi connectivity index (χ4v) is 4.31. The minimum Gasteiger partial charge on any atom is -0.494 e. The van der Waals surface area contributed by atoms with Crippen molar-refractivity contribution in [3.63, 3.8) is 0 Å². The number of carbonyl (C=O) groups excluding carboxylic acids is 1. The second-order valence-corrected chi connectivity index (χ2v) is 8.44. The van der Waals surface area contributed by atoms with Crippen molar-refractivity contribution in [1.82, 2.24) is 15.5 Å². The highest BCUT2D eigenvalue weighted by Crippen LogP contribution is 2.39. The second-order valence-electron chi connectivity index (χ2n) is 8.44. The summed E-state index contributed by atoms with van der Waals surface area (Å²) in [5, 5.41) is 7.26. The summed E-state index contributed by atoms with van der Waals surface area (Å²) in [6, 6.07) is 20.7. The number of aryl methyl sites for hydroxylation is 1. The Hall–Kier alpha value is -4.46. The average Bonchev–Trinajstić information content (AvgIpc) is 3.37. The number of rotatable bonds is 6. The van der Waals surface area contributed by atoms with Crippen molar-refractivity contribution >= 4 is 17.3 Å². The van der Waals surface area contributed by atoms with Gasteiger partial charge in [-0.25, -0.2) is 9.18 Å². The molecule has 36 heavy (non-hydrogen) atoms. The first-order valence-corrected chi connectivity index (χ1v) is 11.7. The molecule has 1 aliphatic heterocycles. The van der Waals surface area contributed by atoms with E-state index in [0.29, 0.717) is 35.0 Å². The number of halogens is 1. The van der Waals surface area contributed by atoms with Gasteiger partial charge >= 0.3 is 6.03 Å². The van der Waals surface area contributed by atoms with Crippen LogP contribution in [-0.2, 0) is 0 Å². The van der Waals surface area contributed by atoms with Crippen LogP contribution in [0.3, 0.4) is 0 Å². The normalized spacial score (nSPS) is 15.7. The van der Waals surface area contributed by atoms with Crippen LogP contribution in [0.1, 0.15) is 36.9 Å². The zero-order chi connectivity index (χ0) is 25.2. The van der Waals surface area contributed by atoms with Gasteiger partial charge in [0.2, 0.25) is 5.82 Å². The van der Waals surface area contributed by atoms with Crippen LogP contribution >= 0.6 is 0 Å². The molecule has 2 heterocycles. The minimum absolute atomic E-state index is 0.286. The lowest BCUT2D eigenvalue weighted by molar-refractivity contribution is 0.244. The van der Waals surface area contributed by atoms with E-state index in [-0.39, 0.29) is 17.7 Å². The zero-order valence-electron chi connectivity index (χ0n) is 20.2. The van der Waals surface area contributed by atoms with Gasteiger partial charge in [-0.15, -0.1) is 0 Å². The molecule has 0 saturated carbocycles. The van der Waals surface area contributed by atoms with Crippen LogP contribution in [0.4, 0.5) is 14.9 Å². The van der Waals surface area contributed by atoms with Gasteiger partial charge < -0.3 is 14.6 Å². The Labute approximate surface area is 208 Å². The number of hydrogen-bond donors (Lipinski definition) is 1. The number of aromatic nitrogens is 2. The molecule has 2 amide bonds. The van der Waals surface area contributed by atoms with E-state index in [9.17, 15) is 9.18 Å². The molecule has 8 heteroatoms. The molecule has 0 saturated heterocycles. The third-order valence-corrected chi connectivity index (χ3v) is 6.10. The predicted octanol–water partition coefficient (Wildman–Crippen LogP) is 6.28. The van der Waals surface area contributed by atoms with Gasteiger partial charge in [-0.05, 0) is 74.4 Å². The maximum atomic E-state index is 13.9. The number of amides is 2. The van der Waals surface area contributed by atoms with Crippen LogP contribution in [0, 0.1) is 12.7 Å². The molecule has 1 aliphatic rings. The van der Waals surface area contributed by atoms with Gasteiger partial charge in [0.25, 0.3) is 5.89 Å². The molecule has 3 aromatic carbocycles. The number of allylic oxidation sites excluding steroid dienone is 1. The largest absolute Gasteiger partial charge is 0.494 e. The Morgan fingerprint density at radius 1 is 1.06 bits per heavy atom. The quantitative estimate of drug-likeness (QED) is 0.348. The van der Waals surface area contributed by atoms with E-state index in [1.807, 2.05) is 68.4 Å². The summed E-state index contributed by atoms with van der Waals surface area (Å²) in [6.07, 6.45) is 0. The molecule has 1 N–H and O–H groups in total. The van der Waals surface area contributed by atoms with E-state index in [4.69, 9.17) is 9.26 Å². The van der Waals surface area contributed by atoms with Crippen molar-refractivity contribution in [2.45, 2.75) is 26.8 Å². The van der Waals surface area contributed by atoms with Gasteiger partial charge in [-0.2, -0.15) is 4.98 Å². The molecule has 1 atom stereocenters. The summed E-state index contributed by atoms with van der Waals surface area (Å²) in [5.41, 5.74) is 3.90. The molecule has 0 spiro atoms. The van der Waals surface area contributed by atoms with Crippen LogP contribution in [0.5, 0.6) is 5.75 Å². The van der Waals surface area contributed by atoms with Gasteiger partial charge in [0.1, 0.15) is 11.6 Å². The first-order chi connectivity index (χ1) is 17.5. The van der Waals surface area contributed by atoms with E-state index in [0.717, 1.165) is 16.9 Å². The van der Waals surface area contributed by atoms with E-state index in [2.05, 4.69) is 15.5 Å². The van der Waals surface area contributed by atoms with Crippen molar-refractivity contribution in [1.29, 1.82) is 0 Å². The molecule has 0 bridgehead atoms. The number of nitrogens with zero attached hydrogens (tertiary/aromatic N) is 3. The first kappa shape index (κ1) is 23.3. The lowest BCUT2D eigenvalue weighted by Crippen LogP contribution is -2.46. The molecular formula is C28H25FN4O3. The van der Waals surface area contributed by atoms with Gasteiger partial charge in [-0.1, -0.05) is 35.5 Å². The molecule has 7 nitrogen and oxygen atoms in total. The fourth-order valence-electron chi connectivity index (χ4n) is 4.31. The zero-order valence-corrected chi connectivity index (χ0v) is 20.2. The van der Waals surface area contributed by atoms with Crippen molar-refractivity contribution in [3.05, 3.63) is 101 Å². The molecule has 1 unspecified atom stereocenters. The van der Waals surface area contributed by atoms with E-state index >= 15 is 0 Å². The van der Waals surface area contributed by atoms with Crippen LogP contribution in [0.2, 0.25) is 0 Å². The molecular weight excluding hydrogens is 459 g/mol. The third-order valence-electron chi connectivity index (χ3n) is 6.10. The van der Waals surface area contributed by atoms with Crippen molar-refractivity contribution < 1.29 is 18.4 Å². The van der Waals surface area contributed by atoms with Crippen LogP contribution < -0.4 is 15.0 Å². The number of urea groups is 1. The van der Waals surface area contributed by atoms with E-state index in [1.54, 1.807) is 19.1 Å². The fraction of sp³-hybridized carbons (Fsp3) is 0.179.